The van der Waals surface area contributed by atoms with Crippen LogP contribution in [0.5, 0.6) is 0 Å². The standard InChI is InChI=1S/C17H20N6O2/c1-11(15-21-16(22-25-15)17(2,3)4)20-14(24)12-5-6-13(19-9-12)23-8-7-18-10-23/h5-11H,1-4H3,(H,20,24)/t11-/m0/s1. The molecule has 0 radical (unpaired) electrons. The molecule has 3 aromatic rings. The quantitative estimate of drug-likeness (QED) is 0.783. The van der Waals surface area contributed by atoms with Gasteiger partial charge in [-0.25, -0.2) is 9.97 Å². The Morgan fingerprint density at radius 2 is 2.12 bits per heavy atom. The molecule has 0 spiro atoms. The van der Waals surface area contributed by atoms with Crippen LogP contribution in [0.3, 0.4) is 0 Å². The molecule has 1 amide bonds. The van der Waals surface area contributed by atoms with E-state index in [4.69, 9.17) is 4.52 Å². The third-order valence-corrected chi connectivity index (χ3v) is 3.61. The number of nitrogens with one attached hydrogen (secondary N) is 1. The number of hydrogen-bond acceptors (Lipinski definition) is 6. The molecule has 1 atom stereocenters. The average molecular weight is 340 g/mol. The molecule has 0 aliphatic heterocycles. The van der Waals surface area contributed by atoms with Gasteiger partial charge in [-0.15, -0.1) is 0 Å². The lowest BCUT2D eigenvalue weighted by molar-refractivity contribution is 0.0932. The first-order chi connectivity index (χ1) is 11.8. The molecule has 3 heterocycles. The zero-order chi connectivity index (χ0) is 18.0. The van der Waals surface area contributed by atoms with Crippen molar-refractivity contribution < 1.29 is 9.32 Å². The van der Waals surface area contributed by atoms with Crippen LogP contribution in [0, 0.1) is 0 Å². The Balaban J connectivity index is 1.68. The monoisotopic (exact) mass is 340 g/mol. The van der Waals surface area contributed by atoms with Gasteiger partial charge in [0, 0.05) is 24.0 Å². The minimum absolute atomic E-state index is 0.210. The third kappa shape index (κ3) is 3.73. The molecule has 0 aliphatic carbocycles. The lowest BCUT2D eigenvalue weighted by atomic mass is 9.96. The molecular weight excluding hydrogens is 320 g/mol. The van der Waals surface area contributed by atoms with Crippen LogP contribution in [0.25, 0.3) is 5.82 Å². The van der Waals surface area contributed by atoms with Gasteiger partial charge in [0.15, 0.2) is 5.82 Å². The van der Waals surface area contributed by atoms with Crippen LogP contribution in [-0.4, -0.2) is 30.6 Å². The Labute approximate surface area is 145 Å². The van der Waals surface area contributed by atoms with Crippen LogP contribution < -0.4 is 5.32 Å². The number of carbonyl (C=O) groups excluding carboxylic acids is 1. The maximum Gasteiger partial charge on any atom is 0.253 e. The maximum atomic E-state index is 12.4. The zero-order valence-electron chi connectivity index (χ0n) is 14.6. The Morgan fingerprint density at radius 3 is 2.68 bits per heavy atom. The molecule has 0 aliphatic rings. The van der Waals surface area contributed by atoms with Crippen molar-refractivity contribution in [1.29, 1.82) is 0 Å². The summed E-state index contributed by atoms with van der Waals surface area (Å²) < 4.78 is 7.02. The summed E-state index contributed by atoms with van der Waals surface area (Å²) in [6.07, 6.45) is 6.62. The lowest BCUT2D eigenvalue weighted by Crippen LogP contribution is -2.27. The highest BCUT2D eigenvalue weighted by molar-refractivity contribution is 5.94. The summed E-state index contributed by atoms with van der Waals surface area (Å²) in [7, 11) is 0. The van der Waals surface area contributed by atoms with Gasteiger partial charge in [-0.05, 0) is 19.1 Å². The van der Waals surface area contributed by atoms with E-state index in [1.54, 1.807) is 42.3 Å². The molecule has 0 saturated heterocycles. The highest BCUT2D eigenvalue weighted by Crippen LogP contribution is 2.20. The van der Waals surface area contributed by atoms with Gasteiger partial charge in [0.05, 0.1) is 5.56 Å². The van der Waals surface area contributed by atoms with Crippen molar-refractivity contribution in [2.45, 2.75) is 39.2 Å². The molecule has 1 N–H and O–H groups in total. The molecule has 25 heavy (non-hydrogen) atoms. The van der Waals surface area contributed by atoms with Crippen LogP contribution >= 0.6 is 0 Å². The minimum atomic E-state index is -0.399. The summed E-state index contributed by atoms with van der Waals surface area (Å²) in [5, 5.41) is 6.81. The molecule has 130 valence electrons. The van der Waals surface area contributed by atoms with Crippen LogP contribution in [0.4, 0.5) is 0 Å². The third-order valence-electron chi connectivity index (χ3n) is 3.61. The van der Waals surface area contributed by atoms with Crippen LogP contribution in [0.15, 0.2) is 41.6 Å². The molecule has 3 rings (SSSR count). The Morgan fingerprint density at radius 1 is 1.32 bits per heavy atom. The van der Waals surface area contributed by atoms with Gasteiger partial charge in [0.1, 0.15) is 18.2 Å². The van der Waals surface area contributed by atoms with Crippen molar-refractivity contribution in [3.05, 3.63) is 54.3 Å². The molecule has 0 fully saturated rings. The molecule has 0 aromatic carbocycles. The predicted molar refractivity (Wildman–Crippen MR) is 90.2 cm³/mol. The van der Waals surface area contributed by atoms with Gasteiger partial charge in [0.25, 0.3) is 5.91 Å². The zero-order valence-corrected chi connectivity index (χ0v) is 14.6. The first kappa shape index (κ1) is 16.8. The average Bonchev–Trinajstić information content (AvgIpc) is 3.26. The van der Waals surface area contributed by atoms with E-state index in [0.717, 1.165) is 0 Å². The van der Waals surface area contributed by atoms with Crippen LogP contribution in [0.2, 0.25) is 0 Å². The van der Waals surface area contributed by atoms with Crippen molar-refractivity contribution in [2.75, 3.05) is 0 Å². The highest BCUT2D eigenvalue weighted by atomic mass is 16.5. The molecular formula is C17H20N6O2. The largest absolute Gasteiger partial charge is 0.340 e. The molecule has 8 heteroatoms. The van der Waals surface area contributed by atoms with Crippen molar-refractivity contribution in [2.24, 2.45) is 0 Å². The van der Waals surface area contributed by atoms with Crippen molar-refractivity contribution in [3.63, 3.8) is 0 Å². The number of carbonyl (C=O) groups is 1. The molecule has 8 nitrogen and oxygen atoms in total. The summed E-state index contributed by atoms with van der Waals surface area (Å²) >= 11 is 0. The molecule has 3 aromatic heterocycles. The van der Waals surface area contributed by atoms with E-state index >= 15 is 0 Å². The second-order valence-electron chi connectivity index (χ2n) is 6.78. The number of hydrogen-bond donors (Lipinski definition) is 1. The second-order valence-corrected chi connectivity index (χ2v) is 6.78. The van der Waals surface area contributed by atoms with Crippen LogP contribution in [0.1, 0.15) is 55.8 Å². The molecule has 0 bridgehead atoms. The number of nitrogens with zero attached hydrogens (tertiary/aromatic N) is 5. The highest BCUT2D eigenvalue weighted by Gasteiger charge is 2.24. The van der Waals surface area contributed by atoms with Crippen molar-refractivity contribution in [3.8, 4) is 5.82 Å². The normalized spacial score (nSPS) is 12.8. The maximum absolute atomic E-state index is 12.4. The first-order valence-electron chi connectivity index (χ1n) is 7.94. The summed E-state index contributed by atoms with van der Waals surface area (Å²) in [6.45, 7) is 7.79. The fourth-order valence-corrected chi connectivity index (χ4v) is 2.13. The SMILES string of the molecule is C[C@H](NC(=O)c1ccc(-n2ccnc2)nc1)c1nc(C(C)(C)C)no1. The summed E-state index contributed by atoms with van der Waals surface area (Å²) in [5.41, 5.74) is 0.240. The number of pyridine rings is 1. The Kier molecular flexibility index (Phi) is 4.35. The number of amides is 1. The number of aromatic nitrogens is 5. The summed E-state index contributed by atoms with van der Waals surface area (Å²) in [5.74, 6) is 1.41. The fraction of sp³-hybridized carbons (Fsp3) is 0.353. The topological polar surface area (TPSA) is 98.7 Å². The van der Waals surface area contributed by atoms with Gasteiger partial charge in [-0.1, -0.05) is 25.9 Å². The van der Waals surface area contributed by atoms with Crippen molar-refractivity contribution >= 4 is 5.91 Å². The number of imidazole rings is 1. The summed E-state index contributed by atoms with van der Waals surface area (Å²) in [4.78, 5) is 25.0. The Hall–Kier alpha value is -3.03. The Bertz CT molecular complexity index is 846. The summed E-state index contributed by atoms with van der Waals surface area (Å²) in [6, 6.07) is 3.06. The molecule has 0 saturated carbocycles. The smallest absolute Gasteiger partial charge is 0.253 e. The van der Waals surface area contributed by atoms with E-state index in [1.807, 2.05) is 20.8 Å². The molecule has 0 unspecified atom stereocenters. The van der Waals surface area contributed by atoms with E-state index < -0.39 is 6.04 Å². The number of rotatable bonds is 4. The van der Waals surface area contributed by atoms with Gasteiger partial charge >= 0.3 is 0 Å². The first-order valence-corrected chi connectivity index (χ1v) is 7.94. The van der Waals surface area contributed by atoms with Gasteiger partial charge in [0.2, 0.25) is 5.89 Å². The van der Waals surface area contributed by atoms with Crippen LogP contribution in [-0.2, 0) is 5.41 Å². The fourth-order valence-electron chi connectivity index (χ4n) is 2.13. The lowest BCUT2D eigenvalue weighted by Gasteiger charge is -2.12. The van der Waals surface area contributed by atoms with E-state index in [-0.39, 0.29) is 11.3 Å². The van der Waals surface area contributed by atoms with Gasteiger partial charge < -0.3 is 9.84 Å². The predicted octanol–water partition coefficient (Wildman–Crippen LogP) is 2.44. The van der Waals surface area contributed by atoms with E-state index in [2.05, 4.69) is 25.4 Å². The van der Waals surface area contributed by atoms with Gasteiger partial charge in [-0.3, -0.25) is 9.36 Å². The van der Waals surface area contributed by atoms with E-state index in [9.17, 15) is 4.79 Å². The van der Waals surface area contributed by atoms with Gasteiger partial charge in [-0.2, -0.15) is 4.98 Å². The second kappa shape index (κ2) is 6.46. The minimum Gasteiger partial charge on any atom is -0.340 e. The van der Waals surface area contributed by atoms with E-state index in [0.29, 0.717) is 23.1 Å². The van der Waals surface area contributed by atoms with Crippen molar-refractivity contribution in [1.82, 2.24) is 30.0 Å². The van der Waals surface area contributed by atoms with E-state index in [1.165, 1.54) is 6.20 Å².